The van der Waals surface area contributed by atoms with Crippen LogP contribution in [0.2, 0.25) is 0 Å². The van der Waals surface area contributed by atoms with Crippen molar-refractivity contribution >= 4 is 30.0 Å². The molecule has 0 bridgehead atoms. The number of hydrogen-bond acceptors (Lipinski definition) is 5. The lowest BCUT2D eigenvalue weighted by atomic mass is 10.0. The van der Waals surface area contributed by atoms with E-state index in [9.17, 15) is 14.0 Å². The second-order valence-electron chi connectivity index (χ2n) is 7.40. The van der Waals surface area contributed by atoms with Gasteiger partial charge in [-0.1, -0.05) is 11.6 Å². The predicted octanol–water partition coefficient (Wildman–Crippen LogP) is 2.97. The highest BCUT2D eigenvalue weighted by atomic mass is 35.5. The number of ketones is 1. The number of carbonyl (C=O) groups excluding carboxylic acids is 2. The summed E-state index contributed by atoms with van der Waals surface area (Å²) in [4.78, 5) is 32.9. The number of likely N-dealkylation sites (N-methyl/N-ethyl adjacent to an activating group) is 1. The molecule has 6 nitrogen and oxygen atoms in total. The molecule has 1 saturated carbocycles. The first-order valence-electron chi connectivity index (χ1n) is 9.59. The van der Waals surface area contributed by atoms with Gasteiger partial charge in [-0.25, -0.2) is 4.39 Å². The molecule has 1 atom stereocenters. The second-order valence-corrected chi connectivity index (χ2v) is 7.81. The number of halogens is 2. The van der Waals surface area contributed by atoms with Crippen LogP contribution in [-0.4, -0.2) is 67.7 Å². The zero-order chi connectivity index (χ0) is 21.1. The molecule has 1 fully saturated rings. The van der Waals surface area contributed by atoms with Crippen molar-refractivity contribution in [2.45, 2.75) is 25.8 Å². The van der Waals surface area contributed by atoms with Gasteiger partial charge in [-0.15, -0.1) is 0 Å². The Morgan fingerprint density at radius 1 is 1.48 bits per heavy atom. The fourth-order valence-corrected chi connectivity index (χ4v) is 3.93. The van der Waals surface area contributed by atoms with Crippen LogP contribution in [0.3, 0.4) is 0 Å². The minimum Gasteiger partial charge on any atom is -0.475 e. The molecular formula is C21H25ClFN3O3. The van der Waals surface area contributed by atoms with Crippen LogP contribution in [0.15, 0.2) is 51.0 Å². The van der Waals surface area contributed by atoms with Crippen LogP contribution in [0, 0.1) is 5.92 Å². The number of hydrogen-bond donors (Lipinski definition) is 0. The average Bonchev–Trinajstić information content (AvgIpc) is 3.49. The van der Waals surface area contributed by atoms with Gasteiger partial charge in [-0.2, -0.15) is 0 Å². The number of Topliss-reactive ketones (excluding diaryl/α,β-unsaturated/α-hetero) is 1. The summed E-state index contributed by atoms with van der Waals surface area (Å²) >= 11 is 6.34. The molecule has 8 heteroatoms. The third-order valence-electron chi connectivity index (χ3n) is 5.34. The smallest absolute Gasteiger partial charge is 0.255 e. The van der Waals surface area contributed by atoms with Crippen molar-refractivity contribution < 1.29 is 18.7 Å². The van der Waals surface area contributed by atoms with E-state index >= 15 is 0 Å². The number of rotatable bonds is 9. The first kappa shape index (κ1) is 21.3. The summed E-state index contributed by atoms with van der Waals surface area (Å²) in [5.74, 6) is 0.285. The van der Waals surface area contributed by atoms with E-state index in [1.807, 2.05) is 6.92 Å². The number of carbonyl (C=O) groups is 2. The normalized spacial score (nSPS) is 21.2. The molecule has 29 heavy (non-hydrogen) atoms. The summed E-state index contributed by atoms with van der Waals surface area (Å²) < 4.78 is 17.8. The van der Waals surface area contributed by atoms with E-state index in [2.05, 4.69) is 11.7 Å². The van der Waals surface area contributed by atoms with E-state index in [0.717, 1.165) is 18.4 Å². The summed E-state index contributed by atoms with van der Waals surface area (Å²) in [6, 6.07) is -0.272. The lowest BCUT2D eigenvalue weighted by Crippen LogP contribution is -2.41. The lowest BCUT2D eigenvalue weighted by molar-refractivity contribution is -0.126. The third-order valence-corrected chi connectivity index (χ3v) is 5.61. The lowest BCUT2D eigenvalue weighted by Gasteiger charge is -2.34. The summed E-state index contributed by atoms with van der Waals surface area (Å²) in [6.45, 7) is 5.38. The number of alkyl halides is 1. The zero-order valence-electron chi connectivity index (χ0n) is 16.7. The maximum Gasteiger partial charge on any atom is 0.255 e. The molecule has 0 aromatic carbocycles. The summed E-state index contributed by atoms with van der Waals surface area (Å²) in [5, 5.41) is 0.360. The quantitative estimate of drug-likeness (QED) is 0.537. The van der Waals surface area contributed by atoms with Gasteiger partial charge in [0.1, 0.15) is 18.3 Å². The number of amides is 1. The molecule has 0 aromatic heterocycles. The molecule has 0 spiro atoms. The monoisotopic (exact) mass is 421 g/mol. The number of ether oxygens (including phenoxy) is 1. The Kier molecular flexibility index (Phi) is 6.57. The molecule has 3 rings (SSSR count). The molecule has 0 saturated heterocycles. The van der Waals surface area contributed by atoms with Gasteiger partial charge < -0.3 is 14.5 Å². The van der Waals surface area contributed by atoms with Crippen LogP contribution in [0.5, 0.6) is 0 Å². The van der Waals surface area contributed by atoms with Gasteiger partial charge >= 0.3 is 0 Å². The van der Waals surface area contributed by atoms with E-state index in [0.29, 0.717) is 28.6 Å². The van der Waals surface area contributed by atoms with Gasteiger partial charge in [0.2, 0.25) is 5.88 Å². The van der Waals surface area contributed by atoms with Crippen LogP contribution < -0.4 is 0 Å². The van der Waals surface area contributed by atoms with Gasteiger partial charge in [0.15, 0.2) is 5.78 Å². The molecule has 1 aliphatic carbocycles. The van der Waals surface area contributed by atoms with E-state index in [1.165, 1.54) is 6.20 Å². The van der Waals surface area contributed by atoms with Gasteiger partial charge in [-0.3, -0.25) is 14.6 Å². The SMILES string of the molecule is C=N/C=C\C1=C(C(=O)C2CC2)CN(C(C)C2=CC(Cl)=C(OCCF)N(C)C2)C1=O. The maximum absolute atomic E-state index is 13.1. The molecule has 1 unspecified atom stereocenters. The first-order chi connectivity index (χ1) is 13.9. The van der Waals surface area contributed by atoms with E-state index in [4.69, 9.17) is 16.3 Å². The first-order valence-corrected chi connectivity index (χ1v) is 9.97. The van der Waals surface area contributed by atoms with Crippen molar-refractivity contribution in [3.63, 3.8) is 0 Å². The summed E-state index contributed by atoms with van der Waals surface area (Å²) in [5.41, 5.74) is 1.84. The number of allylic oxidation sites excluding steroid dienone is 2. The Labute approximate surface area is 175 Å². The van der Waals surface area contributed by atoms with Gasteiger partial charge in [0, 0.05) is 36.9 Å². The van der Waals surface area contributed by atoms with Crippen LogP contribution in [0.25, 0.3) is 0 Å². The van der Waals surface area contributed by atoms with Crippen molar-refractivity contribution in [1.82, 2.24) is 9.80 Å². The standard InChI is InChI=1S/C21H25ClFN3O3/c1-13(15-10-18(22)21(25(3)11-15)29-9-7-23)26-12-17(19(27)14-4-5-14)16(20(26)28)6-8-24-2/h6,8,10,13-14H,2,4-5,7,9,11-12H2,1,3H3/b8-6-. The van der Waals surface area contributed by atoms with Crippen molar-refractivity contribution in [3.8, 4) is 0 Å². The Bertz CT molecular complexity index is 842. The van der Waals surface area contributed by atoms with Crippen molar-refractivity contribution in [2.24, 2.45) is 10.9 Å². The minimum atomic E-state index is -0.601. The highest BCUT2D eigenvalue weighted by molar-refractivity contribution is 6.31. The molecular weight excluding hydrogens is 397 g/mol. The van der Waals surface area contributed by atoms with Crippen LogP contribution in [0.4, 0.5) is 4.39 Å². The van der Waals surface area contributed by atoms with Crippen LogP contribution in [-0.2, 0) is 14.3 Å². The van der Waals surface area contributed by atoms with Gasteiger partial charge in [0.25, 0.3) is 5.91 Å². The molecule has 2 aliphatic heterocycles. The molecule has 3 aliphatic rings. The maximum atomic E-state index is 13.1. The van der Waals surface area contributed by atoms with Gasteiger partial charge in [-0.05, 0) is 44.2 Å². The fourth-order valence-electron chi connectivity index (χ4n) is 3.59. The predicted molar refractivity (Wildman–Crippen MR) is 110 cm³/mol. The molecule has 1 amide bonds. The molecule has 156 valence electrons. The fraction of sp³-hybridized carbons (Fsp3) is 0.476. The van der Waals surface area contributed by atoms with Crippen molar-refractivity contribution in [1.29, 1.82) is 0 Å². The second kappa shape index (κ2) is 8.95. The van der Waals surface area contributed by atoms with Crippen molar-refractivity contribution in [3.05, 3.63) is 46.0 Å². The van der Waals surface area contributed by atoms with Crippen LogP contribution in [0.1, 0.15) is 19.8 Å². The van der Waals surface area contributed by atoms with Crippen LogP contribution >= 0.6 is 11.6 Å². The molecule has 0 aromatic rings. The molecule has 2 heterocycles. The summed E-state index contributed by atoms with van der Waals surface area (Å²) in [6.07, 6.45) is 6.51. The number of nitrogens with zero attached hydrogens (tertiary/aromatic N) is 3. The molecule has 0 radical (unpaired) electrons. The van der Waals surface area contributed by atoms with Gasteiger partial charge in [0.05, 0.1) is 12.6 Å². The van der Waals surface area contributed by atoms with E-state index in [1.54, 1.807) is 29.0 Å². The Hall–Kier alpha value is -2.41. The largest absolute Gasteiger partial charge is 0.475 e. The van der Waals surface area contributed by atoms with E-state index < -0.39 is 6.67 Å². The highest BCUT2D eigenvalue weighted by Crippen LogP contribution is 2.37. The third kappa shape index (κ3) is 4.45. The topological polar surface area (TPSA) is 62.2 Å². The Morgan fingerprint density at radius 2 is 2.21 bits per heavy atom. The Balaban J connectivity index is 1.83. The zero-order valence-corrected chi connectivity index (χ0v) is 17.4. The average molecular weight is 422 g/mol. The van der Waals surface area contributed by atoms with Crippen molar-refractivity contribution in [2.75, 3.05) is 33.4 Å². The summed E-state index contributed by atoms with van der Waals surface area (Å²) in [7, 11) is 1.80. The number of aliphatic imine (C=N–C) groups is 1. The minimum absolute atomic E-state index is 0.0285. The molecule has 0 N–H and O–H groups in total. The van der Waals surface area contributed by atoms with E-state index in [-0.39, 0.29) is 36.8 Å². The Morgan fingerprint density at radius 3 is 2.79 bits per heavy atom. The highest BCUT2D eigenvalue weighted by Gasteiger charge is 2.41.